The molecular formula is C11H24N8. The monoisotopic (exact) mass is 268 g/mol. The lowest BCUT2D eigenvalue weighted by molar-refractivity contribution is 0.176. The van der Waals surface area contributed by atoms with Gasteiger partial charge in [0.1, 0.15) is 0 Å². The highest BCUT2D eigenvalue weighted by Crippen LogP contribution is 2.12. The maximum atomic E-state index is 5.74. The molecule has 1 aromatic rings. The van der Waals surface area contributed by atoms with Crippen LogP contribution in [-0.4, -0.2) is 75.8 Å². The summed E-state index contributed by atoms with van der Waals surface area (Å²) in [5, 5.41) is 12.1. The van der Waals surface area contributed by atoms with Gasteiger partial charge >= 0.3 is 0 Å². The molecule has 0 spiro atoms. The molecule has 1 fully saturated rings. The van der Waals surface area contributed by atoms with Crippen molar-refractivity contribution in [1.29, 1.82) is 0 Å². The van der Waals surface area contributed by atoms with E-state index in [9.17, 15) is 0 Å². The van der Waals surface area contributed by atoms with Crippen molar-refractivity contribution >= 4 is 0 Å². The highest BCUT2D eigenvalue weighted by atomic mass is 15.6. The number of likely N-dealkylation sites (N-methyl/N-ethyl adjacent to an activating group) is 2. The van der Waals surface area contributed by atoms with Gasteiger partial charge in [-0.05, 0) is 38.8 Å². The van der Waals surface area contributed by atoms with Crippen LogP contribution in [0.3, 0.4) is 0 Å². The third kappa shape index (κ3) is 3.69. The van der Waals surface area contributed by atoms with Gasteiger partial charge in [0.2, 0.25) is 0 Å². The Bertz CT molecular complexity index is 392. The lowest BCUT2D eigenvalue weighted by atomic mass is 10.0. The van der Waals surface area contributed by atoms with Crippen molar-refractivity contribution in [3.63, 3.8) is 0 Å². The standard InChI is InChI=1S/C11H24N8/c1-17-5-4-6-18(2)10(8-17)9(13-12)7-11-14-16-19(3)15-11/h9-10,13H,4-8,12H2,1-3H3. The molecule has 1 aliphatic heterocycles. The SMILES string of the molecule is CN1CCCN(C)C(C(Cc2nnn(C)n2)NN)C1. The highest BCUT2D eigenvalue weighted by molar-refractivity contribution is 4.93. The molecule has 19 heavy (non-hydrogen) atoms. The summed E-state index contributed by atoms with van der Waals surface area (Å²) in [6, 6.07) is 0.469. The molecule has 1 aromatic heterocycles. The van der Waals surface area contributed by atoms with E-state index >= 15 is 0 Å². The van der Waals surface area contributed by atoms with Gasteiger partial charge in [0.15, 0.2) is 5.82 Å². The third-order valence-corrected chi connectivity index (χ3v) is 3.75. The van der Waals surface area contributed by atoms with Crippen molar-refractivity contribution in [2.24, 2.45) is 12.9 Å². The second kappa shape index (κ2) is 6.38. The smallest absolute Gasteiger partial charge is 0.176 e. The number of rotatable bonds is 4. The minimum absolute atomic E-state index is 0.120. The first-order valence-corrected chi connectivity index (χ1v) is 6.68. The molecule has 2 rings (SSSR count). The van der Waals surface area contributed by atoms with Crippen LogP contribution in [0.1, 0.15) is 12.2 Å². The molecule has 2 heterocycles. The van der Waals surface area contributed by atoms with Gasteiger partial charge in [-0.1, -0.05) is 0 Å². The highest BCUT2D eigenvalue weighted by Gasteiger charge is 2.29. The van der Waals surface area contributed by atoms with E-state index < -0.39 is 0 Å². The molecule has 0 aliphatic carbocycles. The van der Waals surface area contributed by atoms with Gasteiger partial charge < -0.3 is 9.80 Å². The number of hydrogen-bond donors (Lipinski definition) is 2. The Morgan fingerprint density at radius 3 is 2.79 bits per heavy atom. The normalized spacial score (nSPS) is 24.3. The largest absolute Gasteiger partial charge is 0.305 e. The van der Waals surface area contributed by atoms with Gasteiger partial charge in [0.25, 0.3) is 0 Å². The summed E-state index contributed by atoms with van der Waals surface area (Å²) in [7, 11) is 6.07. The predicted molar refractivity (Wildman–Crippen MR) is 72.1 cm³/mol. The molecule has 1 saturated heterocycles. The molecule has 2 atom stereocenters. The predicted octanol–water partition coefficient (Wildman–Crippen LogP) is -1.78. The fourth-order valence-electron chi connectivity index (χ4n) is 2.65. The molecule has 8 heteroatoms. The first-order chi connectivity index (χ1) is 9.10. The molecule has 0 aromatic carbocycles. The van der Waals surface area contributed by atoms with Crippen LogP contribution >= 0.6 is 0 Å². The van der Waals surface area contributed by atoms with Gasteiger partial charge in [0, 0.05) is 25.0 Å². The first kappa shape index (κ1) is 14.3. The second-order valence-electron chi connectivity index (χ2n) is 5.34. The number of aryl methyl sites for hydroxylation is 1. The zero-order valence-electron chi connectivity index (χ0n) is 12.0. The number of hydrogen-bond acceptors (Lipinski definition) is 7. The van der Waals surface area contributed by atoms with Crippen molar-refractivity contribution in [3.8, 4) is 0 Å². The molecule has 8 nitrogen and oxygen atoms in total. The number of hydrazine groups is 1. The Morgan fingerprint density at radius 2 is 2.16 bits per heavy atom. The molecule has 0 amide bonds. The van der Waals surface area contributed by atoms with Crippen molar-refractivity contribution < 1.29 is 0 Å². The second-order valence-corrected chi connectivity index (χ2v) is 5.34. The zero-order valence-corrected chi connectivity index (χ0v) is 12.0. The summed E-state index contributed by atoms with van der Waals surface area (Å²) in [4.78, 5) is 6.19. The minimum Gasteiger partial charge on any atom is -0.305 e. The van der Waals surface area contributed by atoms with Crippen LogP contribution in [-0.2, 0) is 13.5 Å². The summed E-state index contributed by atoms with van der Waals surface area (Å²) in [6.07, 6.45) is 1.87. The Hall–Kier alpha value is -1.09. The van der Waals surface area contributed by atoms with Crippen molar-refractivity contribution in [2.75, 3.05) is 33.7 Å². The van der Waals surface area contributed by atoms with Gasteiger partial charge in [-0.25, -0.2) is 0 Å². The van der Waals surface area contributed by atoms with Crippen LogP contribution in [0.25, 0.3) is 0 Å². The molecule has 1 aliphatic rings. The Labute approximate surface area is 113 Å². The van der Waals surface area contributed by atoms with Crippen LogP contribution in [0, 0.1) is 0 Å². The van der Waals surface area contributed by atoms with Gasteiger partial charge in [0.05, 0.1) is 7.05 Å². The van der Waals surface area contributed by atoms with Crippen LogP contribution in [0.15, 0.2) is 0 Å². The summed E-state index contributed by atoms with van der Waals surface area (Å²) in [6.45, 7) is 3.20. The summed E-state index contributed by atoms with van der Waals surface area (Å²) in [5.41, 5.74) is 2.92. The number of nitrogens with one attached hydrogen (secondary N) is 1. The first-order valence-electron chi connectivity index (χ1n) is 6.68. The number of aromatic nitrogens is 4. The van der Waals surface area contributed by atoms with Crippen molar-refractivity contribution in [1.82, 2.24) is 35.4 Å². The van der Waals surface area contributed by atoms with Gasteiger partial charge in [-0.15, -0.1) is 10.2 Å². The van der Waals surface area contributed by atoms with Crippen LogP contribution < -0.4 is 11.3 Å². The van der Waals surface area contributed by atoms with E-state index in [0.717, 1.165) is 25.5 Å². The lowest BCUT2D eigenvalue weighted by Crippen LogP contribution is -2.55. The summed E-state index contributed by atoms with van der Waals surface area (Å²) < 4.78 is 0. The van der Waals surface area contributed by atoms with Crippen LogP contribution in [0.4, 0.5) is 0 Å². The van der Waals surface area contributed by atoms with Crippen molar-refractivity contribution in [2.45, 2.75) is 24.9 Å². The van der Waals surface area contributed by atoms with E-state index in [2.05, 4.69) is 44.7 Å². The van der Waals surface area contributed by atoms with E-state index in [4.69, 9.17) is 5.84 Å². The molecule has 108 valence electrons. The molecule has 3 N–H and O–H groups in total. The van der Waals surface area contributed by atoms with E-state index in [1.54, 1.807) is 7.05 Å². The lowest BCUT2D eigenvalue weighted by Gasteiger charge is -2.33. The molecular weight excluding hydrogens is 244 g/mol. The maximum Gasteiger partial charge on any atom is 0.176 e. The van der Waals surface area contributed by atoms with Gasteiger partial charge in [-0.3, -0.25) is 11.3 Å². The average molecular weight is 268 g/mol. The van der Waals surface area contributed by atoms with E-state index in [1.807, 2.05) is 0 Å². The third-order valence-electron chi connectivity index (χ3n) is 3.75. The van der Waals surface area contributed by atoms with Crippen LogP contribution in [0.5, 0.6) is 0 Å². The van der Waals surface area contributed by atoms with Gasteiger partial charge in [-0.2, -0.15) is 4.80 Å². The fourth-order valence-corrected chi connectivity index (χ4v) is 2.65. The molecule has 2 unspecified atom stereocenters. The Morgan fingerprint density at radius 1 is 1.37 bits per heavy atom. The zero-order chi connectivity index (χ0) is 13.8. The quantitative estimate of drug-likeness (QED) is 0.493. The summed E-state index contributed by atoms with van der Waals surface area (Å²) >= 11 is 0. The van der Waals surface area contributed by atoms with Crippen molar-refractivity contribution in [3.05, 3.63) is 5.82 Å². The Kier molecular flexibility index (Phi) is 4.81. The molecule has 0 bridgehead atoms. The maximum absolute atomic E-state index is 5.74. The average Bonchev–Trinajstić information content (AvgIpc) is 2.70. The number of nitrogens with two attached hydrogens (primary N) is 1. The minimum atomic E-state index is 0.120. The van der Waals surface area contributed by atoms with E-state index in [0.29, 0.717) is 12.5 Å². The fraction of sp³-hybridized carbons (Fsp3) is 0.909. The topological polar surface area (TPSA) is 88.1 Å². The number of tetrazole rings is 1. The Balaban J connectivity index is 2.06. The number of nitrogens with zero attached hydrogens (tertiary/aromatic N) is 6. The summed E-state index contributed by atoms with van der Waals surface area (Å²) in [5.74, 6) is 6.47. The molecule has 0 radical (unpaired) electrons. The van der Waals surface area contributed by atoms with Crippen LogP contribution in [0.2, 0.25) is 0 Å². The van der Waals surface area contributed by atoms with E-state index in [-0.39, 0.29) is 6.04 Å². The van der Waals surface area contributed by atoms with E-state index in [1.165, 1.54) is 11.2 Å². The molecule has 0 saturated carbocycles.